The Morgan fingerprint density at radius 1 is 1.03 bits per heavy atom. The van der Waals surface area contributed by atoms with Gasteiger partial charge in [-0.2, -0.15) is 5.10 Å². The highest BCUT2D eigenvalue weighted by Crippen LogP contribution is 2.25. The van der Waals surface area contributed by atoms with Gasteiger partial charge in [-0.25, -0.2) is 13.8 Å². The summed E-state index contributed by atoms with van der Waals surface area (Å²) in [5.74, 6) is 0.612. The molecule has 178 valence electrons. The van der Waals surface area contributed by atoms with E-state index >= 15 is 0 Å². The number of hydrazone groups is 1. The number of carbonyl (C=O) groups is 1. The monoisotopic (exact) mass is 543 g/mol. The van der Waals surface area contributed by atoms with Crippen molar-refractivity contribution in [1.29, 1.82) is 0 Å². The van der Waals surface area contributed by atoms with Gasteiger partial charge in [-0.3, -0.25) is 9.10 Å². The van der Waals surface area contributed by atoms with Gasteiger partial charge in [-0.15, -0.1) is 0 Å². The van der Waals surface area contributed by atoms with Gasteiger partial charge >= 0.3 is 0 Å². The predicted octanol–water partition coefficient (Wildman–Crippen LogP) is 4.83. The summed E-state index contributed by atoms with van der Waals surface area (Å²) in [7, 11) is -3.96. The molecule has 3 aromatic rings. The molecule has 0 bridgehead atoms. The fourth-order valence-electron chi connectivity index (χ4n) is 2.90. The maximum atomic E-state index is 13.3. The van der Waals surface area contributed by atoms with E-state index in [2.05, 4.69) is 40.3 Å². The zero-order chi connectivity index (χ0) is 24.6. The van der Waals surface area contributed by atoms with Crippen LogP contribution in [0.1, 0.15) is 19.4 Å². The topological polar surface area (TPSA) is 88.1 Å². The zero-order valence-electron chi connectivity index (χ0n) is 18.9. The molecule has 0 spiro atoms. The Hall–Kier alpha value is -3.17. The van der Waals surface area contributed by atoms with E-state index in [0.717, 1.165) is 20.1 Å². The summed E-state index contributed by atoms with van der Waals surface area (Å²) < 4.78 is 34.0. The van der Waals surface area contributed by atoms with Crippen molar-refractivity contribution in [2.45, 2.75) is 18.7 Å². The molecule has 34 heavy (non-hydrogen) atoms. The quantitative estimate of drug-likeness (QED) is 0.293. The van der Waals surface area contributed by atoms with E-state index in [1.165, 1.54) is 18.3 Å². The molecule has 0 saturated heterocycles. The maximum absolute atomic E-state index is 13.3. The van der Waals surface area contributed by atoms with Crippen LogP contribution in [0.3, 0.4) is 0 Å². The number of rotatable bonds is 10. The van der Waals surface area contributed by atoms with Crippen LogP contribution in [0.2, 0.25) is 0 Å². The molecule has 1 amide bonds. The van der Waals surface area contributed by atoms with Crippen molar-refractivity contribution in [1.82, 2.24) is 5.43 Å². The Morgan fingerprint density at radius 3 is 2.29 bits per heavy atom. The first kappa shape index (κ1) is 25.5. The number of nitrogens with one attached hydrogen (secondary N) is 1. The van der Waals surface area contributed by atoms with Crippen LogP contribution in [0, 0.1) is 5.92 Å². The van der Waals surface area contributed by atoms with Gasteiger partial charge in [0, 0.05) is 4.47 Å². The number of carbonyl (C=O) groups excluding carboxylic acids is 1. The van der Waals surface area contributed by atoms with Gasteiger partial charge in [-0.1, -0.05) is 48.0 Å². The number of hydrogen-bond donors (Lipinski definition) is 1. The van der Waals surface area contributed by atoms with Gasteiger partial charge in [0.25, 0.3) is 15.9 Å². The second-order valence-electron chi connectivity index (χ2n) is 7.87. The van der Waals surface area contributed by atoms with Crippen LogP contribution in [0.4, 0.5) is 5.69 Å². The van der Waals surface area contributed by atoms with Crippen molar-refractivity contribution in [2.75, 3.05) is 17.5 Å². The molecule has 9 heteroatoms. The third kappa shape index (κ3) is 7.16. The number of sulfonamides is 1. The van der Waals surface area contributed by atoms with E-state index < -0.39 is 22.5 Å². The van der Waals surface area contributed by atoms with E-state index in [-0.39, 0.29) is 4.90 Å². The van der Waals surface area contributed by atoms with Crippen molar-refractivity contribution in [2.24, 2.45) is 11.0 Å². The van der Waals surface area contributed by atoms with E-state index in [0.29, 0.717) is 18.2 Å². The van der Waals surface area contributed by atoms with Crippen molar-refractivity contribution in [3.8, 4) is 5.75 Å². The van der Waals surface area contributed by atoms with E-state index in [4.69, 9.17) is 4.74 Å². The largest absolute Gasteiger partial charge is 0.493 e. The highest BCUT2D eigenvalue weighted by molar-refractivity contribution is 9.10. The van der Waals surface area contributed by atoms with E-state index in [1.807, 2.05) is 24.3 Å². The Morgan fingerprint density at radius 2 is 1.68 bits per heavy atom. The molecule has 0 heterocycles. The molecule has 3 rings (SSSR count). The van der Waals surface area contributed by atoms with Gasteiger partial charge in [0.15, 0.2) is 0 Å². The van der Waals surface area contributed by atoms with Crippen LogP contribution in [-0.4, -0.2) is 33.7 Å². The first-order chi connectivity index (χ1) is 16.3. The SMILES string of the molecule is CC(C)COc1ccc(/C=N\NC(=O)CN(c2ccc(Br)cc2)S(=O)(=O)c2ccccc2)cc1. The first-order valence-corrected chi connectivity index (χ1v) is 12.9. The molecule has 0 aliphatic heterocycles. The van der Waals surface area contributed by atoms with Crippen molar-refractivity contribution >= 4 is 43.8 Å². The molecule has 0 saturated carbocycles. The lowest BCUT2D eigenvalue weighted by atomic mass is 10.2. The van der Waals surface area contributed by atoms with Gasteiger partial charge in [0.05, 0.1) is 23.4 Å². The van der Waals surface area contributed by atoms with Crippen LogP contribution in [0.15, 0.2) is 93.3 Å². The molecular weight excluding hydrogens is 518 g/mol. The molecule has 0 unspecified atom stereocenters. The Balaban J connectivity index is 1.70. The maximum Gasteiger partial charge on any atom is 0.264 e. The predicted molar refractivity (Wildman–Crippen MR) is 138 cm³/mol. The van der Waals surface area contributed by atoms with E-state index in [1.54, 1.807) is 42.5 Å². The minimum Gasteiger partial charge on any atom is -0.493 e. The first-order valence-electron chi connectivity index (χ1n) is 10.6. The Labute approximate surface area is 208 Å². The van der Waals surface area contributed by atoms with Crippen LogP contribution in [-0.2, 0) is 14.8 Å². The molecular formula is C25H26BrN3O4S. The Kier molecular flexibility index (Phi) is 8.84. The standard InChI is InChI=1S/C25H26BrN3O4S/c1-19(2)18-33-23-14-8-20(9-15-23)16-27-28-25(30)17-29(22-12-10-21(26)11-13-22)34(31,32)24-6-4-3-5-7-24/h3-16,19H,17-18H2,1-2H3,(H,28,30)/b27-16-. The molecule has 7 nitrogen and oxygen atoms in total. The number of anilines is 1. The lowest BCUT2D eigenvalue weighted by Gasteiger charge is -2.23. The highest BCUT2D eigenvalue weighted by Gasteiger charge is 2.27. The number of nitrogens with zero attached hydrogens (tertiary/aromatic N) is 2. The molecule has 0 radical (unpaired) electrons. The van der Waals surface area contributed by atoms with E-state index in [9.17, 15) is 13.2 Å². The molecule has 1 N–H and O–H groups in total. The third-order valence-corrected chi connectivity index (χ3v) is 6.92. The highest BCUT2D eigenvalue weighted by atomic mass is 79.9. The lowest BCUT2D eigenvalue weighted by molar-refractivity contribution is -0.119. The second-order valence-corrected chi connectivity index (χ2v) is 10.6. The van der Waals surface area contributed by atoms with Gasteiger partial charge in [-0.05, 0) is 72.1 Å². The molecule has 3 aromatic carbocycles. The number of benzene rings is 3. The van der Waals surface area contributed by atoms with Gasteiger partial charge < -0.3 is 4.74 Å². The average molecular weight is 544 g/mol. The van der Waals surface area contributed by atoms with Crippen LogP contribution in [0.5, 0.6) is 5.75 Å². The summed E-state index contributed by atoms with van der Waals surface area (Å²) in [6.45, 7) is 4.35. The van der Waals surface area contributed by atoms with Crippen LogP contribution in [0.25, 0.3) is 0 Å². The zero-order valence-corrected chi connectivity index (χ0v) is 21.3. The van der Waals surface area contributed by atoms with Gasteiger partial charge in [0.1, 0.15) is 12.3 Å². The summed E-state index contributed by atoms with van der Waals surface area (Å²) >= 11 is 3.34. The molecule has 0 fully saturated rings. The summed E-state index contributed by atoms with van der Waals surface area (Å²) in [5, 5.41) is 3.97. The van der Waals surface area contributed by atoms with Gasteiger partial charge in [0.2, 0.25) is 0 Å². The van der Waals surface area contributed by atoms with Crippen LogP contribution < -0.4 is 14.5 Å². The smallest absolute Gasteiger partial charge is 0.264 e. The minimum atomic E-state index is -3.96. The molecule has 0 atom stereocenters. The van der Waals surface area contributed by atoms with Crippen molar-refractivity contribution in [3.63, 3.8) is 0 Å². The number of halogens is 1. The fraction of sp³-hybridized carbons (Fsp3) is 0.200. The molecule has 0 aliphatic rings. The lowest BCUT2D eigenvalue weighted by Crippen LogP contribution is -2.39. The number of ether oxygens (including phenoxy) is 1. The number of hydrogen-bond acceptors (Lipinski definition) is 5. The van der Waals surface area contributed by atoms with Crippen LogP contribution >= 0.6 is 15.9 Å². The molecule has 0 aliphatic carbocycles. The Bertz CT molecular complexity index is 1210. The fourth-order valence-corrected chi connectivity index (χ4v) is 4.61. The summed E-state index contributed by atoms with van der Waals surface area (Å²) in [6, 6.07) is 22.0. The molecule has 0 aromatic heterocycles. The summed E-state index contributed by atoms with van der Waals surface area (Å²) in [5.41, 5.74) is 3.53. The van der Waals surface area contributed by atoms with Crippen molar-refractivity contribution < 1.29 is 17.9 Å². The summed E-state index contributed by atoms with van der Waals surface area (Å²) in [6.07, 6.45) is 1.49. The average Bonchev–Trinajstić information content (AvgIpc) is 2.83. The third-order valence-electron chi connectivity index (χ3n) is 4.60. The summed E-state index contributed by atoms with van der Waals surface area (Å²) in [4.78, 5) is 12.7. The minimum absolute atomic E-state index is 0.0917. The number of amides is 1. The normalized spacial score (nSPS) is 11.5. The van der Waals surface area contributed by atoms with Crippen molar-refractivity contribution in [3.05, 3.63) is 88.9 Å². The second kappa shape index (κ2) is 11.8.